The molecule has 0 aliphatic heterocycles. The van der Waals surface area contributed by atoms with E-state index in [0.29, 0.717) is 6.54 Å². The van der Waals surface area contributed by atoms with Gasteiger partial charge in [-0.25, -0.2) is 0 Å². The van der Waals surface area contributed by atoms with Crippen molar-refractivity contribution in [1.29, 1.82) is 0 Å². The molecule has 36 heavy (non-hydrogen) atoms. The number of carboxylic acids is 3. The highest BCUT2D eigenvalue weighted by Crippen LogP contribution is 2.16. The third kappa shape index (κ3) is 22.6. The minimum absolute atomic E-state index is 0.0851. The van der Waals surface area contributed by atoms with Crippen LogP contribution in [-0.4, -0.2) is 63.9 Å². The Kier molecular flexibility index (Phi) is 22.3. The molecule has 0 aromatic rings. The SMILES string of the molecule is CCCCCCCCCCCCCC/C=C/CCCC[N+](CCC(=O)O)(CCC(=O)O)CCC(=O)O. The smallest absolute Gasteiger partial charge is 0.309 e. The summed E-state index contributed by atoms with van der Waals surface area (Å²) in [4.78, 5) is 33.3. The summed E-state index contributed by atoms with van der Waals surface area (Å²) in [6.45, 7) is 3.68. The Hall–Kier alpha value is -1.89. The largest absolute Gasteiger partial charge is 0.481 e. The second kappa shape index (κ2) is 23.5. The van der Waals surface area contributed by atoms with E-state index in [4.69, 9.17) is 15.3 Å². The molecule has 0 aromatic carbocycles. The Morgan fingerprint density at radius 1 is 0.500 bits per heavy atom. The Labute approximate surface area is 219 Å². The molecule has 0 amide bonds. The summed E-state index contributed by atoms with van der Waals surface area (Å²) in [6.07, 6.45) is 24.2. The molecule has 0 saturated carbocycles. The van der Waals surface area contributed by atoms with Crippen LogP contribution in [0.1, 0.15) is 129 Å². The standard InChI is InChI=1S/C29H53NO6/c1-2-3-4-5-6-7-8-9-10-11-12-13-14-15-16-17-18-19-23-30(24-20-27(31)32,25-21-28(33)34)26-22-29(35)36/h15-16H,2-14,17-26H2,1H3,(H2-,31,32,33,34,35,36)/p+1/b16-15+. The van der Waals surface area contributed by atoms with Crippen LogP contribution in [0.5, 0.6) is 0 Å². The molecule has 0 unspecified atom stereocenters. The van der Waals surface area contributed by atoms with E-state index in [1.807, 2.05) is 0 Å². The lowest BCUT2D eigenvalue weighted by Gasteiger charge is -2.38. The van der Waals surface area contributed by atoms with Gasteiger partial charge < -0.3 is 19.8 Å². The number of hydrogen-bond donors (Lipinski definition) is 3. The summed E-state index contributed by atoms with van der Waals surface area (Å²) in [5.41, 5.74) is 0. The molecule has 7 heteroatoms. The number of quaternary nitrogens is 1. The molecule has 0 fully saturated rings. The predicted octanol–water partition coefficient (Wildman–Crippen LogP) is 7.05. The second-order valence-electron chi connectivity index (χ2n) is 10.3. The third-order valence-corrected chi connectivity index (χ3v) is 7.04. The van der Waals surface area contributed by atoms with Gasteiger partial charge in [0.25, 0.3) is 0 Å². The zero-order valence-electron chi connectivity index (χ0n) is 22.9. The van der Waals surface area contributed by atoms with Crippen molar-refractivity contribution in [3.8, 4) is 0 Å². The van der Waals surface area contributed by atoms with Gasteiger partial charge in [0.05, 0.1) is 45.4 Å². The number of nitrogens with zero attached hydrogens (tertiary/aromatic N) is 1. The van der Waals surface area contributed by atoms with Crippen molar-refractivity contribution in [1.82, 2.24) is 0 Å². The van der Waals surface area contributed by atoms with E-state index >= 15 is 0 Å². The lowest BCUT2D eigenvalue weighted by molar-refractivity contribution is -0.927. The molecule has 0 aliphatic rings. The van der Waals surface area contributed by atoms with Crippen LogP contribution in [0.2, 0.25) is 0 Å². The van der Waals surface area contributed by atoms with Gasteiger partial charge in [-0.3, -0.25) is 14.4 Å². The maximum absolute atomic E-state index is 11.1. The van der Waals surface area contributed by atoms with Crippen molar-refractivity contribution >= 4 is 17.9 Å². The zero-order valence-corrected chi connectivity index (χ0v) is 22.9. The van der Waals surface area contributed by atoms with Gasteiger partial charge in [0, 0.05) is 0 Å². The summed E-state index contributed by atoms with van der Waals surface area (Å²) >= 11 is 0. The van der Waals surface area contributed by atoms with Gasteiger partial charge in [-0.1, -0.05) is 89.7 Å². The van der Waals surface area contributed by atoms with Crippen LogP contribution in [0.4, 0.5) is 0 Å². The normalized spacial score (nSPS) is 11.8. The highest BCUT2D eigenvalue weighted by atomic mass is 16.4. The summed E-state index contributed by atoms with van der Waals surface area (Å²) in [7, 11) is 0. The summed E-state index contributed by atoms with van der Waals surface area (Å²) < 4.78 is 0.244. The number of allylic oxidation sites excluding steroid dienone is 2. The van der Waals surface area contributed by atoms with Gasteiger partial charge in [0.2, 0.25) is 0 Å². The van der Waals surface area contributed by atoms with E-state index in [2.05, 4.69) is 19.1 Å². The quantitative estimate of drug-likeness (QED) is 0.0618. The van der Waals surface area contributed by atoms with E-state index in [1.165, 1.54) is 77.0 Å². The highest BCUT2D eigenvalue weighted by molar-refractivity contribution is 5.67. The number of carbonyl (C=O) groups is 3. The molecule has 7 nitrogen and oxygen atoms in total. The Morgan fingerprint density at radius 2 is 0.833 bits per heavy atom. The number of hydrogen-bond acceptors (Lipinski definition) is 3. The first-order valence-electron chi connectivity index (χ1n) is 14.5. The molecule has 0 radical (unpaired) electrons. The Bertz CT molecular complexity index is 559. The van der Waals surface area contributed by atoms with Crippen LogP contribution < -0.4 is 0 Å². The van der Waals surface area contributed by atoms with Gasteiger partial charge in [-0.2, -0.15) is 0 Å². The second-order valence-corrected chi connectivity index (χ2v) is 10.3. The van der Waals surface area contributed by atoms with Crippen molar-refractivity contribution < 1.29 is 34.2 Å². The lowest BCUT2D eigenvalue weighted by Crippen LogP contribution is -2.52. The number of unbranched alkanes of at least 4 members (excludes halogenated alkanes) is 14. The fourth-order valence-corrected chi connectivity index (χ4v) is 4.72. The zero-order chi connectivity index (χ0) is 26.9. The van der Waals surface area contributed by atoms with Crippen molar-refractivity contribution in [2.75, 3.05) is 26.2 Å². The van der Waals surface area contributed by atoms with Gasteiger partial charge in [0.15, 0.2) is 0 Å². The van der Waals surface area contributed by atoms with Gasteiger partial charge >= 0.3 is 17.9 Å². The van der Waals surface area contributed by atoms with Crippen LogP contribution in [0, 0.1) is 0 Å². The minimum atomic E-state index is -0.941. The molecular weight excluding hydrogens is 458 g/mol. The third-order valence-electron chi connectivity index (χ3n) is 7.04. The number of rotatable bonds is 27. The molecule has 0 atom stereocenters. The van der Waals surface area contributed by atoms with Gasteiger partial charge in [-0.15, -0.1) is 0 Å². The number of carboxylic acid groups (broad SMARTS) is 3. The molecule has 0 aromatic heterocycles. The molecule has 0 saturated heterocycles. The first-order valence-corrected chi connectivity index (χ1v) is 14.5. The average Bonchev–Trinajstić information content (AvgIpc) is 2.83. The molecule has 3 N–H and O–H groups in total. The highest BCUT2D eigenvalue weighted by Gasteiger charge is 2.29. The van der Waals surface area contributed by atoms with Crippen LogP contribution in [0.15, 0.2) is 12.2 Å². The molecule has 210 valence electrons. The summed E-state index contributed by atoms with van der Waals surface area (Å²) in [6, 6.07) is 0. The van der Waals surface area contributed by atoms with Gasteiger partial charge in [0.1, 0.15) is 0 Å². The monoisotopic (exact) mass is 512 g/mol. The van der Waals surface area contributed by atoms with E-state index in [-0.39, 0.29) is 43.4 Å². The van der Waals surface area contributed by atoms with E-state index < -0.39 is 17.9 Å². The van der Waals surface area contributed by atoms with Crippen LogP contribution >= 0.6 is 0 Å². The molecular formula is C29H54NO6+. The minimum Gasteiger partial charge on any atom is -0.481 e. The van der Waals surface area contributed by atoms with Gasteiger partial charge in [-0.05, 0) is 32.1 Å². The Morgan fingerprint density at radius 3 is 1.19 bits per heavy atom. The van der Waals surface area contributed by atoms with E-state index in [9.17, 15) is 14.4 Å². The number of aliphatic carboxylic acids is 3. The van der Waals surface area contributed by atoms with Crippen molar-refractivity contribution in [3.63, 3.8) is 0 Å². The van der Waals surface area contributed by atoms with Crippen molar-refractivity contribution in [2.24, 2.45) is 0 Å². The van der Waals surface area contributed by atoms with E-state index in [0.717, 1.165) is 25.7 Å². The maximum atomic E-state index is 11.1. The summed E-state index contributed by atoms with van der Waals surface area (Å²) in [5.74, 6) is -2.82. The average molecular weight is 513 g/mol. The Balaban J connectivity index is 4.05. The topological polar surface area (TPSA) is 112 Å². The van der Waals surface area contributed by atoms with Crippen LogP contribution in [0.3, 0.4) is 0 Å². The van der Waals surface area contributed by atoms with Crippen LogP contribution in [0.25, 0.3) is 0 Å². The van der Waals surface area contributed by atoms with Crippen LogP contribution in [-0.2, 0) is 14.4 Å². The molecule has 0 rings (SSSR count). The summed E-state index contributed by atoms with van der Waals surface area (Å²) in [5, 5.41) is 27.3. The predicted molar refractivity (Wildman–Crippen MR) is 145 cm³/mol. The molecule has 0 heterocycles. The van der Waals surface area contributed by atoms with E-state index in [1.54, 1.807) is 0 Å². The first-order chi connectivity index (χ1) is 17.3. The van der Waals surface area contributed by atoms with Crippen molar-refractivity contribution in [3.05, 3.63) is 12.2 Å². The molecule has 0 bridgehead atoms. The molecule has 0 spiro atoms. The first kappa shape index (κ1) is 34.1. The fourth-order valence-electron chi connectivity index (χ4n) is 4.72. The molecule has 0 aliphatic carbocycles. The lowest BCUT2D eigenvalue weighted by atomic mass is 10.0. The van der Waals surface area contributed by atoms with Crippen molar-refractivity contribution in [2.45, 2.75) is 129 Å². The fraction of sp³-hybridized carbons (Fsp3) is 0.828. The maximum Gasteiger partial charge on any atom is 0.309 e.